The number of rotatable bonds is 7. The lowest BCUT2D eigenvalue weighted by Crippen LogP contribution is -2.43. The van der Waals surface area contributed by atoms with Crippen LogP contribution in [0.15, 0.2) is 23.3 Å². The molecule has 2 aliphatic carbocycles. The van der Waals surface area contributed by atoms with E-state index in [1.165, 1.54) is 0 Å². The van der Waals surface area contributed by atoms with E-state index in [-0.39, 0.29) is 49.0 Å². The van der Waals surface area contributed by atoms with Crippen molar-refractivity contribution in [3.05, 3.63) is 23.3 Å². The number of carbonyl (C=O) groups excluding carboxylic acids is 2. The Labute approximate surface area is 185 Å². The van der Waals surface area contributed by atoms with Gasteiger partial charge < -0.3 is 19.7 Å². The molecule has 0 unspecified atom stereocenters. The van der Waals surface area contributed by atoms with Gasteiger partial charge in [0.25, 0.3) is 0 Å². The second-order valence-corrected chi connectivity index (χ2v) is 10.2. The lowest BCUT2D eigenvalue weighted by molar-refractivity contribution is -0.165. The molecule has 1 heterocycles. The molecule has 6 nitrogen and oxygen atoms in total. The molecule has 0 radical (unpaired) electrons. The van der Waals surface area contributed by atoms with Crippen LogP contribution >= 0.6 is 0 Å². The summed E-state index contributed by atoms with van der Waals surface area (Å²) < 4.78 is 11.6. The maximum absolute atomic E-state index is 12.9. The minimum absolute atomic E-state index is 0.0363. The molecule has 31 heavy (non-hydrogen) atoms. The highest BCUT2D eigenvalue weighted by Gasteiger charge is 2.43. The number of carbonyl (C=O) groups is 2. The van der Waals surface area contributed by atoms with Gasteiger partial charge in [0, 0.05) is 18.8 Å². The minimum atomic E-state index is -0.625. The standard InChI is InChI=1S/C25H38O6/c1-5-25(3,4)24(29)31-21-11-16(14-26)10-17-7-6-15(2)20(23(17)21)9-8-19-12-18(27)13-22(28)30-19/h7,10,15,18-21,23,26-27H,5-6,8-9,11-14H2,1-4H3/t15-,18+,19+,20-,21-,23-/m0/s1. The molecule has 3 rings (SSSR count). The van der Waals surface area contributed by atoms with Crippen LogP contribution in [0.25, 0.3) is 0 Å². The molecular weight excluding hydrogens is 396 g/mol. The number of aliphatic hydroxyl groups is 2. The molecule has 1 aliphatic heterocycles. The number of fused-ring (bicyclic) bond motifs is 1. The van der Waals surface area contributed by atoms with Crippen LogP contribution in [0.4, 0.5) is 0 Å². The molecule has 0 spiro atoms. The quantitative estimate of drug-likeness (QED) is 0.594. The first kappa shape index (κ1) is 24.0. The lowest BCUT2D eigenvalue weighted by Gasteiger charge is -2.44. The van der Waals surface area contributed by atoms with Gasteiger partial charge >= 0.3 is 11.9 Å². The van der Waals surface area contributed by atoms with E-state index in [9.17, 15) is 19.8 Å². The third-order valence-electron chi connectivity index (χ3n) is 7.49. The second kappa shape index (κ2) is 9.86. The number of allylic oxidation sites excluding steroid dienone is 2. The first-order valence-electron chi connectivity index (χ1n) is 11.7. The summed E-state index contributed by atoms with van der Waals surface area (Å²) in [7, 11) is 0. The molecule has 0 aromatic carbocycles. The monoisotopic (exact) mass is 434 g/mol. The summed E-state index contributed by atoms with van der Waals surface area (Å²) in [6.07, 6.45) is 7.37. The Bertz CT molecular complexity index is 736. The van der Waals surface area contributed by atoms with Crippen LogP contribution in [0.5, 0.6) is 0 Å². The third-order valence-corrected chi connectivity index (χ3v) is 7.49. The SMILES string of the molecule is CCC(C)(C)C(=O)O[C@H]1CC(CO)=CC2=CC[C@H](C)[C@H](CC[C@@H]3C[C@@H](O)CC(=O)O3)[C@H]21. The molecule has 0 amide bonds. The molecule has 0 bridgehead atoms. The molecule has 0 aromatic rings. The van der Waals surface area contributed by atoms with E-state index in [0.29, 0.717) is 31.6 Å². The van der Waals surface area contributed by atoms with Gasteiger partial charge in [-0.15, -0.1) is 0 Å². The maximum Gasteiger partial charge on any atom is 0.311 e. The summed E-state index contributed by atoms with van der Waals surface area (Å²) >= 11 is 0. The summed E-state index contributed by atoms with van der Waals surface area (Å²) in [4.78, 5) is 24.6. The number of esters is 2. The Morgan fingerprint density at radius 3 is 2.68 bits per heavy atom. The van der Waals surface area contributed by atoms with E-state index in [1.807, 2.05) is 20.8 Å². The van der Waals surface area contributed by atoms with Gasteiger partial charge in [-0.1, -0.05) is 26.0 Å². The number of ether oxygens (including phenoxy) is 2. The smallest absolute Gasteiger partial charge is 0.311 e. The predicted octanol–water partition coefficient (Wildman–Crippen LogP) is 3.70. The average Bonchev–Trinajstić information content (AvgIpc) is 2.72. The van der Waals surface area contributed by atoms with Gasteiger partial charge in [0.05, 0.1) is 24.5 Å². The van der Waals surface area contributed by atoms with Crippen LogP contribution in [0.1, 0.15) is 72.6 Å². The van der Waals surface area contributed by atoms with Gasteiger partial charge in [-0.25, -0.2) is 0 Å². The van der Waals surface area contributed by atoms with Crippen molar-refractivity contribution in [1.82, 2.24) is 0 Å². The van der Waals surface area contributed by atoms with Crippen LogP contribution in [-0.4, -0.2) is 47.1 Å². The first-order valence-corrected chi connectivity index (χ1v) is 11.7. The zero-order valence-corrected chi connectivity index (χ0v) is 19.3. The van der Waals surface area contributed by atoms with Gasteiger partial charge in [-0.3, -0.25) is 9.59 Å². The second-order valence-electron chi connectivity index (χ2n) is 10.2. The normalized spacial score (nSPS) is 33.7. The van der Waals surface area contributed by atoms with Crippen LogP contribution < -0.4 is 0 Å². The number of aliphatic hydroxyl groups excluding tert-OH is 2. The van der Waals surface area contributed by atoms with Crippen LogP contribution in [-0.2, 0) is 19.1 Å². The van der Waals surface area contributed by atoms with E-state index < -0.39 is 11.5 Å². The molecule has 0 aromatic heterocycles. The zero-order chi connectivity index (χ0) is 22.8. The van der Waals surface area contributed by atoms with E-state index in [1.54, 1.807) is 0 Å². The zero-order valence-electron chi connectivity index (χ0n) is 19.3. The number of hydrogen-bond acceptors (Lipinski definition) is 6. The van der Waals surface area contributed by atoms with E-state index in [0.717, 1.165) is 24.0 Å². The molecule has 3 aliphatic rings. The van der Waals surface area contributed by atoms with Crippen LogP contribution in [0.3, 0.4) is 0 Å². The summed E-state index contributed by atoms with van der Waals surface area (Å²) in [5.41, 5.74) is 1.49. The van der Waals surface area contributed by atoms with Crippen LogP contribution in [0, 0.1) is 23.2 Å². The maximum atomic E-state index is 12.9. The highest BCUT2D eigenvalue weighted by molar-refractivity contribution is 5.76. The fourth-order valence-corrected chi connectivity index (χ4v) is 5.11. The molecular formula is C25H38O6. The molecule has 0 saturated carbocycles. The Morgan fingerprint density at radius 2 is 2.03 bits per heavy atom. The number of cyclic esters (lactones) is 1. The molecule has 6 heteroatoms. The predicted molar refractivity (Wildman–Crippen MR) is 117 cm³/mol. The molecule has 174 valence electrons. The van der Waals surface area contributed by atoms with Crippen molar-refractivity contribution in [3.63, 3.8) is 0 Å². The first-order chi connectivity index (χ1) is 14.6. The van der Waals surface area contributed by atoms with Crippen molar-refractivity contribution in [1.29, 1.82) is 0 Å². The Balaban J connectivity index is 1.79. The van der Waals surface area contributed by atoms with Crippen molar-refractivity contribution in [2.24, 2.45) is 23.2 Å². The Morgan fingerprint density at radius 1 is 1.29 bits per heavy atom. The summed E-state index contributed by atoms with van der Waals surface area (Å²) in [5.74, 6) is 0.224. The summed E-state index contributed by atoms with van der Waals surface area (Å²) in [6, 6.07) is 0. The van der Waals surface area contributed by atoms with Gasteiger partial charge in [0.1, 0.15) is 12.2 Å². The van der Waals surface area contributed by atoms with Crippen molar-refractivity contribution in [2.75, 3.05) is 6.61 Å². The van der Waals surface area contributed by atoms with Crippen molar-refractivity contribution in [3.8, 4) is 0 Å². The summed E-state index contributed by atoms with van der Waals surface area (Å²) in [6.45, 7) is 7.98. The Kier molecular flexibility index (Phi) is 7.63. The number of hydrogen-bond donors (Lipinski definition) is 2. The fourth-order valence-electron chi connectivity index (χ4n) is 5.11. The van der Waals surface area contributed by atoms with Crippen molar-refractivity contribution < 1.29 is 29.3 Å². The van der Waals surface area contributed by atoms with Crippen molar-refractivity contribution >= 4 is 11.9 Å². The lowest BCUT2D eigenvalue weighted by atomic mass is 9.65. The molecule has 1 saturated heterocycles. The van der Waals surface area contributed by atoms with Gasteiger partial charge in [-0.05, 0) is 62.5 Å². The Hall–Kier alpha value is -1.66. The van der Waals surface area contributed by atoms with E-state index >= 15 is 0 Å². The molecule has 2 N–H and O–H groups in total. The molecule has 1 fully saturated rings. The highest BCUT2D eigenvalue weighted by atomic mass is 16.6. The van der Waals surface area contributed by atoms with Gasteiger partial charge in [0.2, 0.25) is 0 Å². The van der Waals surface area contributed by atoms with E-state index in [2.05, 4.69) is 19.1 Å². The van der Waals surface area contributed by atoms with Crippen LogP contribution in [0.2, 0.25) is 0 Å². The molecule has 6 atom stereocenters. The largest absolute Gasteiger partial charge is 0.462 e. The highest BCUT2D eigenvalue weighted by Crippen LogP contribution is 2.46. The minimum Gasteiger partial charge on any atom is -0.462 e. The van der Waals surface area contributed by atoms with Crippen molar-refractivity contribution in [2.45, 2.75) is 91.0 Å². The van der Waals surface area contributed by atoms with E-state index in [4.69, 9.17) is 9.47 Å². The van der Waals surface area contributed by atoms with Gasteiger partial charge in [0.15, 0.2) is 0 Å². The topological polar surface area (TPSA) is 93.1 Å². The fraction of sp³-hybridized carbons (Fsp3) is 0.760. The third kappa shape index (κ3) is 5.58. The van der Waals surface area contributed by atoms with Gasteiger partial charge in [-0.2, -0.15) is 0 Å². The average molecular weight is 435 g/mol. The summed E-state index contributed by atoms with van der Waals surface area (Å²) in [5, 5.41) is 19.7.